The minimum absolute atomic E-state index is 0.278. The lowest BCUT2D eigenvalue weighted by Crippen LogP contribution is -2.31. The Balaban J connectivity index is 1.59. The quantitative estimate of drug-likeness (QED) is 0.596. The van der Waals surface area contributed by atoms with Crippen molar-refractivity contribution < 1.29 is 0 Å². The first-order chi connectivity index (χ1) is 13.5. The molecule has 2 N–H and O–H groups in total. The Bertz CT molecular complexity index is 1140. The van der Waals surface area contributed by atoms with Gasteiger partial charge in [0.15, 0.2) is 5.65 Å². The van der Waals surface area contributed by atoms with E-state index in [-0.39, 0.29) is 6.04 Å². The summed E-state index contributed by atoms with van der Waals surface area (Å²) in [6.07, 6.45) is 5.61. The second-order valence-electron chi connectivity index (χ2n) is 7.92. The molecule has 5 rings (SSSR count). The molecule has 6 heteroatoms. The Morgan fingerprint density at radius 2 is 1.75 bits per heavy atom. The van der Waals surface area contributed by atoms with Gasteiger partial charge in [-0.1, -0.05) is 30.3 Å². The smallest absolute Gasteiger partial charge is 0.161 e. The van der Waals surface area contributed by atoms with E-state index in [0.717, 1.165) is 41.1 Å². The molecule has 3 aromatic heterocycles. The molecule has 0 aliphatic carbocycles. The molecule has 140 valence electrons. The number of nitrogens with two attached hydrogens (primary N) is 1. The normalized spacial score (nSPS) is 16.5. The van der Waals surface area contributed by atoms with Gasteiger partial charge in [0.25, 0.3) is 0 Å². The Morgan fingerprint density at radius 3 is 2.46 bits per heavy atom. The van der Waals surface area contributed by atoms with E-state index in [9.17, 15) is 0 Å². The van der Waals surface area contributed by atoms with Gasteiger partial charge in [-0.15, -0.1) is 0 Å². The summed E-state index contributed by atoms with van der Waals surface area (Å²) in [6, 6.07) is 14.9. The predicted octanol–water partition coefficient (Wildman–Crippen LogP) is 3.62. The van der Waals surface area contributed by atoms with E-state index in [4.69, 9.17) is 15.7 Å². The predicted molar refractivity (Wildman–Crippen MR) is 109 cm³/mol. The Kier molecular flexibility index (Phi) is 3.77. The van der Waals surface area contributed by atoms with E-state index >= 15 is 0 Å². The van der Waals surface area contributed by atoms with E-state index in [1.54, 1.807) is 12.4 Å². The number of hydrogen-bond acceptors (Lipinski definition) is 5. The van der Waals surface area contributed by atoms with Crippen LogP contribution in [0.5, 0.6) is 0 Å². The van der Waals surface area contributed by atoms with Crippen molar-refractivity contribution in [2.75, 3.05) is 0 Å². The highest BCUT2D eigenvalue weighted by Gasteiger charge is 2.28. The zero-order chi connectivity index (χ0) is 19.3. The minimum Gasteiger partial charge on any atom is -0.319 e. The molecule has 0 saturated carbocycles. The Hall–Kier alpha value is -3.12. The van der Waals surface area contributed by atoms with Crippen LogP contribution in [0.1, 0.15) is 43.5 Å². The maximum absolute atomic E-state index is 6.09. The fourth-order valence-corrected chi connectivity index (χ4v) is 3.86. The molecule has 0 spiro atoms. The summed E-state index contributed by atoms with van der Waals surface area (Å²) < 4.78 is 2.28. The number of hydrogen-bond donors (Lipinski definition) is 1. The summed E-state index contributed by atoms with van der Waals surface area (Å²) in [6.45, 7) is 3.79. The van der Waals surface area contributed by atoms with Gasteiger partial charge in [-0.25, -0.2) is 19.9 Å². The molecule has 6 nitrogen and oxygen atoms in total. The molecule has 0 fully saturated rings. The average Bonchev–Trinajstić information content (AvgIpc) is 3.27. The first-order valence-corrected chi connectivity index (χ1v) is 9.55. The fraction of sp³-hybridized carbons (Fsp3) is 0.273. The Morgan fingerprint density at radius 1 is 1.00 bits per heavy atom. The number of fused-ring (bicyclic) bond motifs is 3. The van der Waals surface area contributed by atoms with Gasteiger partial charge in [0.05, 0.1) is 17.3 Å². The third-order valence-corrected chi connectivity index (χ3v) is 5.27. The summed E-state index contributed by atoms with van der Waals surface area (Å²) in [5, 5.41) is 0. The molecule has 0 radical (unpaired) electrons. The van der Waals surface area contributed by atoms with Crippen LogP contribution in [-0.2, 0) is 12.0 Å². The largest absolute Gasteiger partial charge is 0.319 e. The van der Waals surface area contributed by atoms with Crippen LogP contribution < -0.4 is 5.73 Å². The molecule has 4 aromatic rings. The van der Waals surface area contributed by atoms with Gasteiger partial charge in [-0.2, -0.15) is 0 Å². The molecule has 1 aromatic carbocycles. The number of pyridine rings is 1. The van der Waals surface area contributed by atoms with Crippen LogP contribution in [0.2, 0.25) is 0 Å². The minimum atomic E-state index is -0.564. The van der Waals surface area contributed by atoms with Crippen LogP contribution in [-0.4, -0.2) is 24.5 Å². The van der Waals surface area contributed by atoms with Crippen LogP contribution in [0, 0.1) is 0 Å². The summed E-state index contributed by atoms with van der Waals surface area (Å²) in [5.74, 6) is 1.72. The number of benzene rings is 1. The number of aromatic nitrogens is 5. The average molecular weight is 370 g/mol. The second kappa shape index (κ2) is 6.21. The van der Waals surface area contributed by atoms with Crippen LogP contribution >= 0.6 is 0 Å². The zero-order valence-electron chi connectivity index (χ0n) is 16.0. The third kappa shape index (κ3) is 2.77. The number of rotatable bonds is 3. The summed E-state index contributed by atoms with van der Waals surface area (Å²) in [4.78, 5) is 18.6. The maximum atomic E-state index is 6.09. The van der Waals surface area contributed by atoms with Crippen molar-refractivity contribution in [3.63, 3.8) is 0 Å². The highest BCUT2D eigenvalue weighted by atomic mass is 15.2. The van der Waals surface area contributed by atoms with Crippen molar-refractivity contribution in [3.8, 4) is 11.3 Å². The molecule has 1 atom stereocenters. The molecule has 0 bridgehead atoms. The van der Waals surface area contributed by atoms with Gasteiger partial charge in [-0.05, 0) is 38.0 Å². The lowest BCUT2D eigenvalue weighted by atomic mass is 10.0. The zero-order valence-corrected chi connectivity index (χ0v) is 16.0. The third-order valence-electron chi connectivity index (χ3n) is 5.27. The summed E-state index contributed by atoms with van der Waals surface area (Å²) in [5.41, 5.74) is 10.4. The number of aryl methyl sites for hydroxylation is 1. The van der Waals surface area contributed by atoms with E-state index < -0.39 is 5.54 Å². The maximum Gasteiger partial charge on any atom is 0.161 e. The molecule has 1 aliphatic heterocycles. The SMILES string of the molecule is CC(C)(N)c1ncc(-c2ccc3nc4n(c3n2)[C@@H](c2ccccc2)CC4)cn1. The monoisotopic (exact) mass is 370 g/mol. The first-order valence-electron chi connectivity index (χ1n) is 9.55. The second-order valence-corrected chi connectivity index (χ2v) is 7.92. The van der Waals surface area contributed by atoms with Gasteiger partial charge in [-0.3, -0.25) is 0 Å². The van der Waals surface area contributed by atoms with Crippen molar-refractivity contribution in [2.45, 2.75) is 38.3 Å². The standard InChI is InChI=1S/C22H22N6/c1-22(2,23)21-24-12-15(13-25-21)16-8-9-17-20(27-16)28-18(10-11-19(28)26-17)14-6-4-3-5-7-14/h3-9,12-13,18H,10-11,23H2,1-2H3/t18-/m1/s1. The summed E-state index contributed by atoms with van der Waals surface area (Å²) >= 11 is 0. The van der Waals surface area contributed by atoms with E-state index in [0.29, 0.717) is 5.82 Å². The first kappa shape index (κ1) is 17.0. The van der Waals surface area contributed by atoms with Crippen molar-refractivity contribution >= 4 is 11.2 Å². The van der Waals surface area contributed by atoms with Crippen molar-refractivity contribution in [1.82, 2.24) is 24.5 Å². The molecule has 0 amide bonds. The van der Waals surface area contributed by atoms with Gasteiger partial charge in [0, 0.05) is 24.4 Å². The molecular weight excluding hydrogens is 348 g/mol. The fourth-order valence-electron chi connectivity index (χ4n) is 3.86. The van der Waals surface area contributed by atoms with Crippen LogP contribution in [0.3, 0.4) is 0 Å². The molecule has 4 heterocycles. The number of nitrogens with zero attached hydrogens (tertiary/aromatic N) is 5. The van der Waals surface area contributed by atoms with Crippen LogP contribution in [0.25, 0.3) is 22.4 Å². The van der Waals surface area contributed by atoms with Gasteiger partial charge in [0.2, 0.25) is 0 Å². The molecular formula is C22H22N6. The van der Waals surface area contributed by atoms with Gasteiger partial charge >= 0.3 is 0 Å². The highest BCUT2D eigenvalue weighted by molar-refractivity contribution is 5.76. The van der Waals surface area contributed by atoms with Gasteiger partial charge in [0.1, 0.15) is 17.2 Å². The topological polar surface area (TPSA) is 82.5 Å². The van der Waals surface area contributed by atoms with Crippen molar-refractivity contribution in [3.05, 3.63) is 72.1 Å². The summed E-state index contributed by atoms with van der Waals surface area (Å²) in [7, 11) is 0. The highest BCUT2D eigenvalue weighted by Crippen LogP contribution is 2.35. The lowest BCUT2D eigenvalue weighted by Gasteiger charge is -2.16. The lowest BCUT2D eigenvalue weighted by molar-refractivity contribution is 0.514. The number of imidazole rings is 1. The van der Waals surface area contributed by atoms with Crippen LogP contribution in [0.15, 0.2) is 54.9 Å². The van der Waals surface area contributed by atoms with E-state index in [1.807, 2.05) is 32.0 Å². The van der Waals surface area contributed by atoms with Crippen molar-refractivity contribution in [2.24, 2.45) is 5.73 Å². The Labute approximate surface area is 163 Å². The van der Waals surface area contributed by atoms with E-state index in [1.165, 1.54) is 5.56 Å². The van der Waals surface area contributed by atoms with Crippen LogP contribution in [0.4, 0.5) is 0 Å². The molecule has 1 aliphatic rings. The molecule has 0 unspecified atom stereocenters. The van der Waals surface area contributed by atoms with E-state index in [2.05, 4.69) is 38.8 Å². The molecule has 0 saturated heterocycles. The van der Waals surface area contributed by atoms with Gasteiger partial charge < -0.3 is 10.3 Å². The molecule has 28 heavy (non-hydrogen) atoms. The van der Waals surface area contributed by atoms with Crippen molar-refractivity contribution in [1.29, 1.82) is 0 Å².